The highest BCUT2D eigenvalue weighted by Gasteiger charge is 2.53. The molecule has 0 N–H and O–H groups in total. The Bertz CT molecular complexity index is 1380. The Morgan fingerprint density at radius 3 is 2.26 bits per heavy atom. The van der Waals surface area contributed by atoms with Gasteiger partial charge in [-0.05, 0) is 103 Å². The predicted molar refractivity (Wildman–Crippen MR) is 166 cm³/mol. The van der Waals surface area contributed by atoms with E-state index in [1.165, 1.54) is 6.42 Å². The van der Waals surface area contributed by atoms with Crippen LogP contribution in [0.3, 0.4) is 0 Å². The van der Waals surface area contributed by atoms with E-state index in [9.17, 15) is 25.0 Å². The van der Waals surface area contributed by atoms with Crippen LogP contribution in [0, 0.1) is 60.6 Å². The second kappa shape index (κ2) is 11.7. The molecule has 7 atom stereocenters. The molecule has 1 aromatic carbocycles. The van der Waals surface area contributed by atoms with Gasteiger partial charge >= 0.3 is 5.97 Å². The second-order valence-corrected chi connectivity index (χ2v) is 14.4. The van der Waals surface area contributed by atoms with Crippen LogP contribution < -0.4 is 0 Å². The van der Waals surface area contributed by atoms with Gasteiger partial charge in [-0.1, -0.05) is 65.3 Å². The third-order valence-corrected chi connectivity index (χ3v) is 11.7. The van der Waals surface area contributed by atoms with Gasteiger partial charge in [0.25, 0.3) is 11.4 Å². The Morgan fingerprint density at radius 1 is 0.953 bits per heavy atom. The molecule has 1 aromatic rings. The van der Waals surface area contributed by atoms with Crippen LogP contribution in [0.2, 0.25) is 0 Å². The number of carbonyl (C=O) groups excluding carboxylic acids is 1. The third kappa shape index (κ3) is 5.69. The van der Waals surface area contributed by atoms with Crippen molar-refractivity contribution in [1.29, 1.82) is 0 Å². The van der Waals surface area contributed by atoms with Crippen LogP contribution in [-0.4, -0.2) is 21.9 Å². The number of esters is 1. The van der Waals surface area contributed by atoms with Gasteiger partial charge in [-0.15, -0.1) is 0 Å². The molecule has 8 heteroatoms. The molecule has 1 saturated carbocycles. The van der Waals surface area contributed by atoms with E-state index in [-0.39, 0.29) is 22.5 Å². The first-order valence-electron chi connectivity index (χ1n) is 16.0. The highest BCUT2D eigenvalue weighted by molar-refractivity contribution is 5.91. The van der Waals surface area contributed by atoms with Gasteiger partial charge in [0.05, 0.1) is 21.5 Å². The van der Waals surface area contributed by atoms with E-state index in [0.717, 1.165) is 56.7 Å². The number of fused-ring (bicyclic) bond motifs is 4. The molecule has 5 rings (SSSR count). The normalized spacial score (nSPS) is 31.6. The Kier molecular flexibility index (Phi) is 8.45. The van der Waals surface area contributed by atoms with Crippen molar-refractivity contribution >= 4 is 17.3 Å². The summed E-state index contributed by atoms with van der Waals surface area (Å²) in [4.78, 5) is 34.1. The van der Waals surface area contributed by atoms with E-state index < -0.39 is 27.2 Å². The van der Waals surface area contributed by atoms with Gasteiger partial charge in [0.2, 0.25) is 0 Å². The lowest BCUT2D eigenvalue weighted by molar-refractivity contribution is -0.394. The number of nitrogens with zero attached hydrogens (tertiary/aromatic N) is 2. The molecule has 8 nitrogen and oxygen atoms in total. The van der Waals surface area contributed by atoms with Gasteiger partial charge in [0, 0.05) is 12.1 Å². The summed E-state index contributed by atoms with van der Waals surface area (Å²) in [7, 11) is 0. The van der Waals surface area contributed by atoms with Gasteiger partial charge in [0.15, 0.2) is 0 Å². The lowest BCUT2D eigenvalue weighted by Gasteiger charge is -2.54. The van der Waals surface area contributed by atoms with Crippen molar-refractivity contribution in [3.8, 4) is 0 Å². The monoisotopic (exact) mass is 590 g/mol. The van der Waals surface area contributed by atoms with Crippen molar-refractivity contribution in [2.75, 3.05) is 0 Å². The largest absolute Gasteiger partial charge is 0.459 e. The number of nitro benzene ring substituents is 2. The number of benzene rings is 1. The van der Waals surface area contributed by atoms with Crippen molar-refractivity contribution in [1.82, 2.24) is 0 Å². The van der Waals surface area contributed by atoms with Crippen LogP contribution in [0.15, 0.2) is 53.1 Å². The number of allylic oxidation sites excluding steroid dienone is 6. The minimum atomic E-state index is -0.738. The van der Waals surface area contributed by atoms with Crippen molar-refractivity contribution in [2.24, 2.45) is 40.4 Å². The van der Waals surface area contributed by atoms with E-state index in [0.29, 0.717) is 36.0 Å². The molecule has 0 bridgehead atoms. The average Bonchev–Trinajstić information content (AvgIpc) is 3.32. The van der Waals surface area contributed by atoms with Crippen LogP contribution in [-0.2, 0) is 4.74 Å². The lowest BCUT2D eigenvalue weighted by atomic mass is 9.51. The van der Waals surface area contributed by atoms with Crippen LogP contribution in [0.4, 0.5) is 11.4 Å². The number of rotatable bonds is 8. The molecule has 0 spiro atoms. The van der Waals surface area contributed by atoms with E-state index in [4.69, 9.17) is 4.74 Å². The summed E-state index contributed by atoms with van der Waals surface area (Å²) >= 11 is 0. The van der Waals surface area contributed by atoms with Gasteiger partial charge in [-0.3, -0.25) is 20.2 Å². The maximum atomic E-state index is 13.0. The van der Waals surface area contributed by atoms with Crippen molar-refractivity contribution in [3.05, 3.63) is 78.9 Å². The van der Waals surface area contributed by atoms with E-state index in [1.807, 2.05) is 0 Å². The molecule has 0 heterocycles. The van der Waals surface area contributed by atoms with Crippen molar-refractivity contribution < 1.29 is 19.4 Å². The summed E-state index contributed by atoms with van der Waals surface area (Å²) < 4.78 is 5.84. The van der Waals surface area contributed by atoms with Crippen LogP contribution in [0.1, 0.15) is 103 Å². The predicted octanol–water partition coefficient (Wildman–Crippen LogP) is 9.16. The minimum Gasteiger partial charge on any atom is -0.459 e. The van der Waals surface area contributed by atoms with Crippen molar-refractivity contribution in [2.45, 2.75) is 99.0 Å². The molecule has 232 valence electrons. The standard InChI is InChI=1S/C35H46N2O6/c1-21(2)22(3)7-8-23(4)30-11-12-31-29-10-9-25-19-28(13-15-34(25,5)32(29)14-16-35(30,31)6)43-33(38)24-17-26(36(39)40)20-27(18-24)37(41)42/h7-8,12,17-18,20-23,25,28,30H,9-11,13-16,19H2,1-6H3/b8-7+/t22-,23+,25-,28-,30-,34+,35+/m0/s1. The number of carbonyl (C=O) groups is 1. The molecule has 0 aliphatic heterocycles. The molecule has 4 aliphatic rings. The second-order valence-electron chi connectivity index (χ2n) is 14.4. The molecule has 43 heavy (non-hydrogen) atoms. The fourth-order valence-electron chi connectivity index (χ4n) is 8.60. The fraction of sp³-hybridized carbons (Fsp3) is 0.629. The topological polar surface area (TPSA) is 113 Å². The molecular formula is C35H46N2O6. The third-order valence-electron chi connectivity index (χ3n) is 11.7. The highest BCUT2D eigenvalue weighted by Crippen LogP contribution is 2.64. The first-order valence-corrected chi connectivity index (χ1v) is 16.0. The molecule has 4 aliphatic carbocycles. The van der Waals surface area contributed by atoms with Gasteiger partial charge < -0.3 is 4.74 Å². The number of hydrogen-bond acceptors (Lipinski definition) is 6. The molecular weight excluding hydrogens is 544 g/mol. The van der Waals surface area contributed by atoms with Gasteiger partial charge in [-0.2, -0.15) is 0 Å². The maximum absolute atomic E-state index is 13.0. The van der Waals surface area contributed by atoms with Gasteiger partial charge in [-0.25, -0.2) is 4.79 Å². The Morgan fingerprint density at radius 2 is 1.63 bits per heavy atom. The van der Waals surface area contributed by atoms with E-state index in [1.54, 1.807) is 16.7 Å². The average molecular weight is 591 g/mol. The summed E-state index contributed by atoms with van der Waals surface area (Å²) in [5.41, 5.74) is 3.95. The molecule has 1 fully saturated rings. The first-order chi connectivity index (χ1) is 20.2. The lowest BCUT2D eigenvalue weighted by Crippen LogP contribution is -2.44. The maximum Gasteiger partial charge on any atom is 0.338 e. The van der Waals surface area contributed by atoms with Crippen LogP contribution in [0.5, 0.6) is 0 Å². The van der Waals surface area contributed by atoms with Crippen molar-refractivity contribution in [3.63, 3.8) is 0 Å². The summed E-state index contributed by atoms with van der Waals surface area (Å²) in [5.74, 6) is 2.04. The quantitative estimate of drug-likeness (QED) is 0.129. The zero-order chi connectivity index (χ0) is 31.3. The highest BCUT2D eigenvalue weighted by atomic mass is 16.6. The smallest absolute Gasteiger partial charge is 0.338 e. The Labute approximate surface area is 255 Å². The Balaban J connectivity index is 1.29. The number of non-ortho nitro benzene ring substituents is 2. The molecule has 0 aromatic heterocycles. The number of hydrogen-bond donors (Lipinski definition) is 0. The van der Waals surface area contributed by atoms with Crippen LogP contribution >= 0.6 is 0 Å². The number of ether oxygens (including phenoxy) is 1. The summed E-state index contributed by atoms with van der Waals surface area (Å²) in [5, 5.41) is 22.6. The first kappa shape index (κ1) is 31.1. The fourth-order valence-corrected chi connectivity index (χ4v) is 8.60. The SMILES string of the molecule is CC(C)[C@@H](C)/C=C/[C@@H](C)[C@@H]1CC=C2C3=C(CC[C@@]21C)[C@]1(C)CC[C@H](OC(=O)c2cc([N+](=O)[O-])cc([N+](=O)[O-])c2)C[C@@H]1CC3. The zero-order valence-electron chi connectivity index (χ0n) is 26.4. The Hall–Kier alpha value is -3.29. The minimum absolute atomic E-state index is 0.0687. The van der Waals surface area contributed by atoms with E-state index >= 15 is 0 Å². The summed E-state index contributed by atoms with van der Waals surface area (Å²) in [6.07, 6.45) is 15.0. The number of nitro groups is 2. The van der Waals surface area contributed by atoms with Crippen LogP contribution in [0.25, 0.3) is 0 Å². The molecule has 0 unspecified atom stereocenters. The van der Waals surface area contributed by atoms with E-state index in [2.05, 4.69) is 59.8 Å². The molecule has 0 saturated heterocycles. The molecule has 0 radical (unpaired) electrons. The van der Waals surface area contributed by atoms with Gasteiger partial charge in [0.1, 0.15) is 6.10 Å². The summed E-state index contributed by atoms with van der Waals surface area (Å²) in [6, 6.07) is 2.98. The molecule has 0 amide bonds. The summed E-state index contributed by atoms with van der Waals surface area (Å²) in [6.45, 7) is 14.2. The zero-order valence-corrected chi connectivity index (χ0v) is 26.4.